The second-order valence-corrected chi connectivity index (χ2v) is 5.51. The van der Waals surface area contributed by atoms with Gasteiger partial charge in [0.2, 0.25) is 0 Å². The van der Waals surface area contributed by atoms with E-state index in [1.165, 1.54) is 12.1 Å². The van der Waals surface area contributed by atoms with Crippen LogP contribution in [0.1, 0.15) is 30.9 Å². The number of nitrogens with two attached hydrogens (primary N) is 1. The van der Waals surface area contributed by atoms with E-state index in [2.05, 4.69) is 6.92 Å². The molecule has 0 radical (unpaired) electrons. The van der Waals surface area contributed by atoms with Gasteiger partial charge in [-0.2, -0.15) is 13.2 Å². The smallest absolute Gasteiger partial charge is 0.330 e. The summed E-state index contributed by atoms with van der Waals surface area (Å²) >= 11 is 0. The van der Waals surface area contributed by atoms with Gasteiger partial charge in [-0.1, -0.05) is 25.1 Å². The molecule has 1 atom stereocenters. The highest BCUT2D eigenvalue weighted by Crippen LogP contribution is 2.46. The Balaban J connectivity index is 2.19. The highest BCUT2D eigenvalue weighted by Gasteiger charge is 2.40. The molecule has 1 aromatic rings. The third-order valence-corrected chi connectivity index (χ3v) is 3.89. The van der Waals surface area contributed by atoms with Gasteiger partial charge >= 0.3 is 6.18 Å². The summed E-state index contributed by atoms with van der Waals surface area (Å²) in [5, 5.41) is 0. The standard InChI is InChI=1S/C14H18F3N/c1-13(9-18,11-5-6-11)8-10-3-2-4-12(7-10)14(15,16)17/h2-4,7,11H,5-6,8-9,18H2,1H3. The zero-order chi connectivity index (χ0) is 13.4. The first-order valence-corrected chi connectivity index (χ1v) is 6.21. The van der Waals surface area contributed by atoms with Crippen molar-refractivity contribution in [3.8, 4) is 0 Å². The van der Waals surface area contributed by atoms with Crippen molar-refractivity contribution in [2.75, 3.05) is 6.54 Å². The van der Waals surface area contributed by atoms with E-state index < -0.39 is 11.7 Å². The lowest BCUT2D eigenvalue weighted by Crippen LogP contribution is -2.31. The van der Waals surface area contributed by atoms with E-state index in [0.29, 0.717) is 18.9 Å². The second-order valence-electron chi connectivity index (χ2n) is 5.51. The van der Waals surface area contributed by atoms with Crippen LogP contribution >= 0.6 is 0 Å². The minimum absolute atomic E-state index is 0.0653. The fourth-order valence-corrected chi connectivity index (χ4v) is 2.49. The Morgan fingerprint density at radius 2 is 1.94 bits per heavy atom. The molecular formula is C14H18F3N. The predicted octanol–water partition coefficient (Wildman–Crippen LogP) is 3.62. The number of hydrogen-bond acceptors (Lipinski definition) is 1. The third kappa shape index (κ3) is 2.86. The molecule has 0 aromatic heterocycles. The molecule has 0 heterocycles. The van der Waals surface area contributed by atoms with Gasteiger partial charge in [0.25, 0.3) is 0 Å². The van der Waals surface area contributed by atoms with Gasteiger partial charge in [-0.15, -0.1) is 0 Å². The summed E-state index contributed by atoms with van der Waals surface area (Å²) in [5.74, 6) is 0.567. The summed E-state index contributed by atoms with van der Waals surface area (Å²) in [7, 11) is 0. The average Bonchev–Trinajstić information content (AvgIpc) is 3.12. The van der Waals surface area contributed by atoms with E-state index in [1.54, 1.807) is 6.07 Å². The van der Waals surface area contributed by atoms with E-state index in [0.717, 1.165) is 24.5 Å². The maximum absolute atomic E-state index is 12.6. The molecule has 1 aliphatic carbocycles. The summed E-state index contributed by atoms with van der Waals surface area (Å²) in [5.41, 5.74) is 5.88. The van der Waals surface area contributed by atoms with Crippen molar-refractivity contribution >= 4 is 0 Å². The fourth-order valence-electron chi connectivity index (χ4n) is 2.49. The summed E-state index contributed by atoms with van der Waals surface area (Å²) in [6.07, 6.45) is -1.36. The lowest BCUT2D eigenvalue weighted by Gasteiger charge is -2.28. The topological polar surface area (TPSA) is 26.0 Å². The number of rotatable bonds is 4. The molecule has 18 heavy (non-hydrogen) atoms. The maximum atomic E-state index is 12.6. The average molecular weight is 257 g/mol. The van der Waals surface area contributed by atoms with Gasteiger partial charge in [0.15, 0.2) is 0 Å². The van der Waals surface area contributed by atoms with Gasteiger partial charge in [0.05, 0.1) is 5.56 Å². The normalized spacial score (nSPS) is 19.6. The highest BCUT2D eigenvalue weighted by atomic mass is 19.4. The molecule has 1 aliphatic rings. The molecule has 0 amide bonds. The van der Waals surface area contributed by atoms with Crippen LogP contribution in [0.3, 0.4) is 0 Å². The van der Waals surface area contributed by atoms with Crippen LogP contribution in [0.15, 0.2) is 24.3 Å². The summed E-state index contributed by atoms with van der Waals surface area (Å²) < 4.78 is 37.9. The summed E-state index contributed by atoms with van der Waals surface area (Å²) in [6, 6.07) is 5.59. The number of hydrogen-bond donors (Lipinski definition) is 1. The number of halogens is 3. The zero-order valence-corrected chi connectivity index (χ0v) is 10.4. The molecule has 2 rings (SSSR count). The Bertz CT molecular complexity index is 423. The first-order valence-electron chi connectivity index (χ1n) is 6.21. The molecule has 0 spiro atoms. The first-order chi connectivity index (χ1) is 8.35. The quantitative estimate of drug-likeness (QED) is 0.875. The van der Waals surface area contributed by atoms with Crippen molar-refractivity contribution in [1.29, 1.82) is 0 Å². The van der Waals surface area contributed by atoms with Gasteiger partial charge in [-0.25, -0.2) is 0 Å². The predicted molar refractivity (Wildman–Crippen MR) is 65.0 cm³/mol. The van der Waals surface area contributed by atoms with Crippen molar-refractivity contribution < 1.29 is 13.2 Å². The SMILES string of the molecule is CC(CN)(Cc1cccc(C(F)(F)F)c1)C1CC1. The van der Waals surface area contributed by atoms with Crippen LogP contribution in [-0.4, -0.2) is 6.54 Å². The minimum Gasteiger partial charge on any atom is -0.330 e. The Morgan fingerprint density at radius 1 is 1.28 bits per heavy atom. The van der Waals surface area contributed by atoms with Gasteiger partial charge < -0.3 is 5.73 Å². The lowest BCUT2D eigenvalue weighted by molar-refractivity contribution is -0.137. The van der Waals surface area contributed by atoms with Gasteiger partial charge in [-0.05, 0) is 48.8 Å². The second kappa shape index (κ2) is 4.57. The van der Waals surface area contributed by atoms with Crippen molar-refractivity contribution in [3.63, 3.8) is 0 Å². The van der Waals surface area contributed by atoms with Crippen LogP contribution in [0, 0.1) is 11.3 Å². The van der Waals surface area contributed by atoms with Crippen molar-refractivity contribution in [1.82, 2.24) is 0 Å². The first kappa shape index (κ1) is 13.4. The molecule has 0 aliphatic heterocycles. The molecule has 0 bridgehead atoms. The van der Waals surface area contributed by atoms with E-state index in [9.17, 15) is 13.2 Å². The Hall–Kier alpha value is -1.03. The van der Waals surface area contributed by atoms with Crippen molar-refractivity contribution in [3.05, 3.63) is 35.4 Å². The number of alkyl halides is 3. The largest absolute Gasteiger partial charge is 0.416 e. The summed E-state index contributed by atoms with van der Waals surface area (Å²) in [6.45, 7) is 2.60. The Kier molecular flexibility index (Phi) is 3.41. The van der Waals surface area contributed by atoms with Crippen LogP contribution in [0.2, 0.25) is 0 Å². The molecular weight excluding hydrogens is 239 g/mol. The highest BCUT2D eigenvalue weighted by molar-refractivity contribution is 5.27. The molecule has 1 saturated carbocycles. The maximum Gasteiger partial charge on any atom is 0.416 e. The lowest BCUT2D eigenvalue weighted by atomic mass is 9.79. The van der Waals surface area contributed by atoms with E-state index in [1.807, 2.05) is 0 Å². The molecule has 1 nitrogen and oxygen atoms in total. The molecule has 1 fully saturated rings. The molecule has 4 heteroatoms. The van der Waals surface area contributed by atoms with Crippen LogP contribution in [0.25, 0.3) is 0 Å². The fraction of sp³-hybridized carbons (Fsp3) is 0.571. The van der Waals surface area contributed by atoms with Crippen molar-refractivity contribution in [2.24, 2.45) is 17.1 Å². The molecule has 0 saturated heterocycles. The van der Waals surface area contributed by atoms with Gasteiger partial charge in [0, 0.05) is 0 Å². The van der Waals surface area contributed by atoms with E-state index in [4.69, 9.17) is 5.73 Å². The third-order valence-electron chi connectivity index (χ3n) is 3.89. The Morgan fingerprint density at radius 3 is 2.44 bits per heavy atom. The Labute approximate surface area is 105 Å². The zero-order valence-electron chi connectivity index (χ0n) is 10.4. The van der Waals surface area contributed by atoms with E-state index >= 15 is 0 Å². The van der Waals surface area contributed by atoms with Gasteiger partial charge in [-0.3, -0.25) is 0 Å². The summed E-state index contributed by atoms with van der Waals surface area (Å²) in [4.78, 5) is 0. The molecule has 2 N–H and O–H groups in total. The van der Waals surface area contributed by atoms with Gasteiger partial charge in [0.1, 0.15) is 0 Å². The van der Waals surface area contributed by atoms with Crippen LogP contribution in [0.5, 0.6) is 0 Å². The van der Waals surface area contributed by atoms with Crippen molar-refractivity contribution in [2.45, 2.75) is 32.4 Å². The number of benzene rings is 1. The van der Waals surface area contributed by atoms with Crippen LogP contribution in [0.4, 0.5) is 13.2 Å². The van der Waals surface area contributed by atoms with Crippen LogP contribution < -0.4 is 5.73 Å². The molecule has 1 unspecified atom stereocenters. The minimum atomic E-state index is -4.27. The van der Waals surface area contributed by atoms with E-state index in [-0.39, 0.29) is 5.41 Å². The monoisotopic (exact) mass is 257 g/mol. The molecule has 100 valence electrons. The molecule has 1 aromatic carbocycles. The van der Waals surface area contributed by atoms with Crippen LogP contribution in [-0.2, 0) is 12.6 Å².